The van der Waals surface area contributed by atoms with Crippen LogP contribution in [-0.2, 0) is 4.84 Å². The Balaban J connectivity index is 1.03. The van der Waals surface area contributed by atoms with Gasteiger partial charge in [0.1, 0.15) is 11.8 Å². The molecule has 0 aromatic heterocycles. The second kappa shape index (κ2) is 8.96. The van der Waals surface area contributed by atoms with Crippen LogP contribution in [-0.4, -0.2) is 50.3 Å². The van der Waals surface area contributed by atoms with Crippen molar-refractivity contribution in [1.82, 2.24) is 4.90 Å². The average molecular weight is 439 g/mol. The Labute approximate surface area is 188 Å². The molecule has 1 saturated heterocycles. The van der Waals surface area contributed by atoms with Gasteiger partial charge in [-0.3, -0.25) is 15.2 Å². The van der Waals surface area contributed by atoms with Crippen molar-refractivity contribution in [3.63, 3.8) is 0 Å². The SMILES string of the molecule is N#Cc1c(Cl)cccc1N1CCN(CCCCOc2ccc3c(c2)NOC2CC32)CC1. The van der Waals surface area contributed by atoms with E-state index in [1.807, 2.05) is 12.1 Å². The lowest BCUT2D eigenvalue weighted by Crippen LogP contribution is -2.46. The molecule has 2 aliphatic heterocycles. The highest BCUT2D eigenvalue weighted by atomic mass is 35.5. The molecule has 0 amide bonds. The third-order valence-electron chi connectivity index (χ3n) is 6.43. The molecular weight excluding hydrogens is 412 g/mol. The number of halogens is 1. The van der Waals surface area contributed by atoms with E-state index >= 15 is 0 Å². The summed E-state index contributed by atoms with van der Waals surface area (Å²) in [5.41, 5.74) is 6.98. The molecule has 7 heteroatoms. The van der Waals surface area contributed by atoms with Gasteiger partial charge in [0.15, 0.2) is 0 Å². The van der Waals surface area contributed by atoms with E-state index in [1.54, 1.807) is 6.07 Å². The van der Waals surface area contributed by atoms with Crippen LogP contribution in [0.4, 0.5) is 11.4 Å². The van der Waals surface area contributed by atoms with E-state index in [4.69, 9.17) is 21.2 Å². The van der Waals surface area contributed by atoms with E-state index in [0.717, 1.165) is 75.7 Å². The van der Waals surface area contributed by atoms with Crippen molar-refractivity contribution in [2.24, 2.45) is 0 Å². The Kier molecular flexibility index (Phi) is 5.91. The van der Waals surface area contributed by atoms with E-state index in [-0.39, 0.29) is 0 Å². The minimum absolute atomic E-state index is 0.361. The summed E-state index contributed by atoms with van der Waals surface area (Å²) < 4.78 is 5.96. The lowest BCUT2D eigenvalue weighted by Gasteiger charge is -2.36. The van der Waals surface area contributed by atoms with Gasteiger partial charge in [-0.2, -0.15) is 5.26 Å². The highest BCUT2D eigenvalue weighted by Gasteiger charge is 2.44. The Hall–Kier alpha value is -2.46. The number of benzene rings is 2. The molecule has 1 saturated carbocycles. The van der Waals surface area contributed by atoms with Gasteiger partial charge in [-0.15, -0.1) is 0 Å². The predicted molar refractivity (Wildman–Crippen MR) is 122 cm³/mol. The van der Waals surface area contributed by atoms with Crippen molar-refractivity contribution in [3.05, 3.63) is 52.5 Å². The summed E-state index contributed by atoms with van der Waals surface area (Å²) in [5, 5.41) is 9.94. The molecule has 162 valence electrons. The van der Waals surface area contributed by atoms with Gasteiger partial charge in [0.2, 0.25) is 0 Å². The first-order valence-corrected chi connectivity index (χ1v) is 11.4. The Bertz CT molecular complexity index is 984. The topological polar surface area (TPSA) is 60.8 Å². The number of hydrogen-bond donors (Lipinski definition) is 1. The number of unbranched alkanes of at least 4 members (excludes halogenated alkanes) is 1. The highest BCUT2D eigenvalue weighted by Crippen LogP contribution is 2.50. The maximum Gasteiger partial charge on any atom is 0.121 e. The number of hydrogen-bond acceptors (Lipinski definition) is 6. The van der Waals surface area contributed by atoms with Gasteiger partial charge in [-0.25, -0.2) is 0 Å². The molecule has 2 heterocycles. The number of piperazine rings is 1. The molecule has 2 unspecified atom stereocenters. The minimum Gasteiger partial charge on any atom is -0.494 e. The van der Waals surface area contributed by atoms with Gasteiger partial charge in [0.05, 0.1) is 34.7 Å². The zero-order valence-electron chi connectivity index (χ0n) is 17.5. The quantitative estimate of drug-likeness (QED) is 0.646. The van der Waals surface area contributed by atoms with E-state index in [0.29, 0.717) is 22.6 Å². The normalized spacial score (nSPS) is 22.1. The zero-order valence-corrected chi connectivity index (χ0v) is 18.3. The van der Waals surface area contributed by atoms with Gasteiger partial charge in [0, 0.05) is 38.2 Å². The largest absolute Gasteiger partial charge is 0.494 e. The summed E-state index contributed by atoms with van der Waals surface area (Å²) in [7, 11) is 0. The first-order valence-electron chi connectivity index (χ1n) is 11.1. The number of nitriles is 1. The van der Waals surface area contributed by atoms with Crippen LogP contribution in [0, 0.1) is 11.3 Å². The number of ether oxygens (including phenoxy) is 1. The number of rotatable bonds is 7. The summed E-state index contributed by atoms with van der Waals surface area (Å²) in [4.78, 5) is 10.3. The van der Waals surface area contributed by atoms with Crippen molar-refractivity contribution in [1.29, 1.82) is 5.26 Å². The highest BCUT2D eigenvalue weighted by molar-refractivity contribution is 6.32. The lowest BCUT2D eigenvalue weighted by atomic mass is 10.1. The van der Waals surface area contributed by atoms with Crippen LogP contribution < -0.4 is 15.1 Å². The molecule has 2 atom stereocenters. The van der Waals surface area contributed by atoms with Gasteiger partial charge in [-0.05, 0) is 49.6 Å². The van der Waals surface area contributed by atoms with E-state index in [9.17, 15) is 5.26 Å². The van der Waals surface area contributed by atoms with Crippen molar-refractivity contribution >= 4 is 23.0 Å². The van der Waals surface area contributed by atoms with E-state index in [2.05, 4.69) is 39.5 Å². The molecule has 0 spiro atoms. The van der Waals surface area contributed by atoms with Crippen LogP contribution in [0.5, 0.6) is 5.75 Å². The Morgan fingerprint density at radius 2 is 2.03 bits per heavy atom. The molecule has 0 radical (unpaired) electrons. The summed E-state index contributed by atoms with van der Waals surface area (Å²) in [6.45, 7) is 5.61. The molecular formula is C24H27ClN4O2. The molecule has 6 nitrogen and oxygen atoms in total. The van der Waals surface area contributed by atoms with Crippen molar-refractivity contribution in [2.45, 2.75) is 31.3 Å². The smallest absolute Gasteiger partial charge is 0.121 e. The fourth-order valence-electron chi connectivity index (χ4n) is 4.53. The van der Waals surface area contributed by atoms with E-state index in [1.165, 1.54) is 5.56 Å². The molecule has 3 aliphatic rings. The molecule has 31 heavy (non-hydrogen) atoms. The molecule has 1 aliphatic carbocycles. The average Bonchev–Trinajstić information content (AvgIpc) is 3.59. The molecule has 2 aromatic rings. The van der Waals surface area contributed by atoms with Gasteiger partial charge in [0.25, 0.3) is 0 Å². The first-order chi connectivity index (χ1) is 15.2. The van der Waals surface area contributed by atoms with E-state index < -0.39 is 0 Å². The lowest BCUT2D eigenvalue weighted by molar-refractivity contribution is 0.166. The van der Waals surface area contributed by atoms with Crippen molar-refractivity contribution in [3.8, 4) is 11.8 Å². The summed E-state index contributed by atoms with van der Waals surface area (Å²) in [5.74, 6) is 1.47. The number of anilines is 2. The fourth-order valence-corrected chi connectivity index (χ4v) is 4.74. The maximum absolute atomic E-state index is 9.41. The summed E-state index contributed by atoms with van der Waals surface area (Å²) in [6, 6.07) is 14.2. The molecule has 0 bridgehead atoms. The fraction of sp³-hybridized carbons (Fsp3) is 0.458. The van der Waals surface area contributed by atoms with Gasteiger partial charge >= 0.3 is 0 Å². The number of nitrogens with zero attached hydrogens (tertiary/aromatic N) is 3. The Morgan fingerprint density at radius 3 is 2.87 bits per heavy atom. The minimum atomic E-state index is 0.361. The van der Waals surface area contributed by atoms with Crippen LogP contribution in [0.15, 0.2) is 36.4 Å². The summed E-state index contributed by atoms with van der Waals surface area (Å²) in [6.07, 6.45) is 3.61. The second-order valence-electron chi connectivity index (χ2n) is 8.48. The van der Waals surface area contributed by atoms with Gasteiger partial charge in [-0.1, -0.05) is 23.7 Å². The Morgan fingerprint density at radius 1 is 1.16 bits per heavy atom. The predicted octanol–water partition coefficient (Wildman–Crippen LogP) is 4.41. The maximum atomic E-state index is 9.41. The van der Waals surface area contributed by atoms with Crippen molar-refractivity contribution in [2.75, 3.05) is 49.7 Å². The van der Waals surface area contributed by atoms with Crippen LogP contribution in [0.25, 0.3) is 0 Å². The number of nitrogens with one attached hydrogen (secondary N) is 1. The zero-order chi connectivity index (χ0) is 21.2. The van der Waals surface area contributed by atoms with Gasteiger partial charge < -0.3 is 9.64 Å². The second-order valence-corrected chi connectivity index (χ2v) is 8.89. The number of fused-ring (bicyclic) bond motifs is 3. The van der Waals surface area contributed by atoms with Crippen LogP contribution in [0.1, 0.15) is 36.3 Å². The summed E-state index contributed by atoms with van der Waals surface area (Å²) >= 11 is 6.18. The monoisotopic (exact) mass is 438 g/mol. The molecule has 5 rings (SSSR count). The first kappa shape index (κ1) is 20.4. The standard InChI is InChI=1S/C24H27ClN4O2/c25-21-4-3-5-23(20(21)16-26)29-11-9-28(10-12-29)8-1-2-13-30-17-6-7-18-19-15-24(19)31-27-22(18)14-17/h3-7,14,19,24,27H,1-2,8-13,15H2. The molecule has 2 fully saturated rings. The molecule has 2 aromatic carbocycles. The van der Waals surface area contributed by atoms with Crippen molar-refractivity contribution < 1.29 is 9.57 Å². The molecule has 1 N–H and O–H groups in total. The van der Waals surface area contributed by atoms with Crippen LogP contribution in [0.3, 0.4) is 0 Å². The third-order valence-corrected chi connectivity index (χ3v) is 6.75. The van der Waals surface area contributed by atoms with Crippen LogP contribution in [0.2, 0.25) is 5.02 Å². The third kappa shape index (κ3) is 4.45. The van der Waals surface area contributed by atoms with Crippen LogP contribution >= 0.6 is 11.6 Å².